The molecule has 0 atom stereocenters. The Kier molecular flexibility index (Phi) is 5.59. The number of nitrogens with one attached hydrogen (secondary N) is 1. The molecule has 0 aliphatic rings. The van der Waals surface area contributed by atoms with Crippen molar-refractivity contribution in [3.05, 3.63) is 99.7 Å². The maximum Gasteiger partial charge on any atom is 0.260 e. The van der Waals surface area contributed by atoms with Gasteiger partial charge in [0, 0.05) is 31.2 Å². The second kappa shape index (κ2) is 8.25. The van der Waals surface area contributed by atoms with E-state index in [2.05, 4.69) is 9.97 Å². The van der Waals surface area contributed by atoms with Gasteiger partial charge in [-0.05, 0) is 48.7 Å². The van der Waals surface area contributed by atoms with Gasteiger partial charge in [0.05, 0.1) is 0 Å². The van der Waals surface area contributed by atoms with Gasteiger partial charge < -0.3 is 9.88 Å². The number of aromatic nitrogens is 2. The first-order valence-corrected chi connectivity index (χ1v) is 8.55. The number of nitrogens with zero attached hydrogens (tertiary/aromatic N) is 2. The molecule has 0 bridgehead atoms. The summed E-state index contributed by atoms with van der Waals surface area (Å²) in [5.41, 5.74) is 2.67. The summed E-state index contributed by atoms with van der Waals surface area (Å²) < 4.78 is 0. The molecule has 132 valence electrons. The average Bonchev–Trinajstić information content (AvgIpc) is 2.66. The summed E-state index contributed by atoms with van der Waals surface area (Å²) in [5.74, 6) is -0.265. The fraction of sp³-hybridized carbons (Fsp3) is 0.190. The van der Waals surface area contributed by atoms with E-state index >= 15 is 0 Å². The molecule has 2 heterocycles. The van der Waals surface area contributed by atoms with Gasteiger partial charge in [0.15, 0.2) is 0 Å². The highest BCUT2D eigenvalue weighted by Gasteiger charge is 2.19. The lowest BCUT2D eigenvalue weighted by molar-refractivity contribution is 0.0743. The molecule has 0 spiro atoms. The van der Waals surface area contributed by atoms with Crippen molar-refractivity contribution < 1.29 is 4.79 Å². The maximum atomic E-state index is 13.0. The molecule has 3 rings (SSSR count). The van der Waals surface area contributed by atoms with E-state index in [-0.39, 0.29) is 17.0 Å². The number of amides is 1. The topological polar surface area (TPSA) is 66.1 Å². The lowest BCUT2D eigenvalue weighted by Crippen LogP contribution is -2.36. The lowest BCUT2D eigenvalue weighted by atomic mass is 10.1. The number of carbonyl (C=O) groups excluding carboxylic acids is 1. The minimum atomic E-state index is -0.352. The molecule has 0 aliphatic heterocycles. The third-order valence-electron chi connectivity index (χ3n) is 4.21. The van der Waals surface area contributed by atoms with Gasteiger partial charge >= 0.3 is 0 Å². The maximum absolute atomic E-state index is 13.0. The SMILES string of the molecule is Cc1ccc(C(=O)N(CCc2ccccc2)Cc2ccncc2)c(=O)[nH]1. The summed E-state index contributed by atoms with van der Waals surface area (Å²) in [6.07, 6.45) is 4.13. The predicted molar refractivity (Wildman–Crippen MR) is 101 cm³/mol. The first-order valence-electron chi connectivity index (χ1n) is 8.55. The Morgan fingerprint density at radius 2 is 1.73 bits per heavy atom. The number of hydrogen-bond acceptors (Lipinski definition) is 3. The number of H-pyrrole nitrogens is 1. The number of aromatic amines is 1. The molecule has 3 aromatic rings. The zero-order chi connectivity index (χ0) is 18.4. The highest BCUT2D eigenvalue weighted by atomic mass is 16.2. The van der Waals surface area contributed by atoms with Gasteiger partial charge in [0.25, 0.3) is 11.5 Å². The van der Waals surface area contributed by atoms with E-state index in [0.717, 1.165) is 23.2 Å². The molecule has 5 heteroatoms. The molecule has 0 saturated carbocycles. The number of pyridine rings is 2. The van der Waals surface area contributed by atoms with Crippen LogP contribution >= 0.6 is 0 Å². The van der Waals surface area contributed by atoms with Gasteiger partial charge in [-0.1, -0.05) is 30.3 Å². The van der Waals surface area contributed by atoms with E-state index in [9.17, 15) is 9.59 Å². The third kappa shape index (κ3) is 4.45. The Morgan fingerprint density at radius 1 is 1.00 bits per heavy atom. The molecule has 0 aliphatic carbocycles. The first-order chi connectivity index (χ1) is 12.6. The highest BCUT2D eigenvalue weighted by Crippen LogP contribution is 2.10. The van der Waals surface area contributed by atoms with Gasteiger partial charge in [0.1, 0.15) is 5.56 Å². The van der Waals surface area contributed by atoms with Crippen LogP contribution in [-0.4, -0.2) is 27.3 Å². The van der Waals surface area contributed by atoms with Crippen LogP contribution in [0.15, 0.2) is 71.8 Å². The van der Waals surface area contributed by atoms with Gasteiger partial charge in [0.2, 0.25) is 0 Å². The van der Waals surface area contributed by atoms with Crippen molar-refractivity contribution in [2.75, 3.05) is 6.54 Å². The van der Waals surface area contributed by atoms with E-state index in [1.165, 1.54) is 0 Å². The molecular weight excluding hydrogens is 326 g/mol. The average molecular weight is 347 g/mol. The molecule has 0 saturated heterocycles. The minimum Gasteiger partial charge on any atom is -0.334 e. The molecule has 0 unspecified atom stereocenters. The Morgan fingerprint density at radius 3 is 2.42 bits per heavy atom. The number of hydrogen-bond donors (Lipinski definition) is 1. The second-order valence-corrected chi connectivity index (χ2v) is 6.20. The molecule has 1 amide bonds. The van der Waals surface area contributed by atoms with Crippen LogP contribution in [0.3, 0.4) is 0 Å². The first kappa shape index (κ1) is 17.6. The monoisotopic (exact) mass is 347 g/mol. The molecule has 26 heavy (non-hydrogen) atoms. The fourth-order valence-corrected chi connectivity index (χ4v) is 2.78. The molecule has 1 N–H and O–H groups in total. The third-order valence-corrected chi connectivity index (χ3v) is 4.21. The largest absolute Gasteiger partial charge is 0.334 e. The molecular formula is C21H21N3O2. The van der Waals surface area contributed by atoms with Gasteiger partial charge in [-0.2, -0.15) is 0 Å². The van der Waals surface area contributed by atoms with Crippen molar-refractivity contribution in [3.8, 4) is 0 Å². The van der Waals surface area contributed by atoms with Crippen molar-refractivity contribution in [2.45, 2.75) is 19.9 Å². The Hall–Kier alpha value is -3.21. The van der Waals surface area contributed by atoms with Crippen LogP contribution in [0.25, 0.3) is 0 Å². The zero-order valence-corrected chi connectivity index (χ0v) is 14.7. The summed E-state index contributed by atoms with van der Waals surface area (Å²) in [7, 11) is 0. The van der Waals surface area contributed by atoms with Crippen LogP contribution < -0.4 is 5.56 Å². The van der Waals surface area contributed by atoms with Gasteiger partial charge in [-0.3, -0.25) is 14.6 Å². The minimum absolute atomic E-state index is 0.165. The summed E-state index contributed by atoms with van der Waals surface area (Å²) in [6.45, 7) is 2.75. The van der Waals surface area contributed by atoms with Crippen LogP contribution in [0.4, 0.5) is 0 Å². The van der Waals surface area contributed by atoms with Crippen molar-refractivity contribution in [1.29, 1.82) is 0 Å². The summed E-state index contributed by atoms with van der Waals surface area (Å²) in [5, 5.41) is 0. The smallest absolute Gasteiger partial charge is 0.260 e. The number of carbonyl (C=O) groups is 1. The lowest BCUT2D eigenvalue weighted by Gasteiger charge is -2.23. The van der Waals surface area contributed by atoms with E-state index in [1.807, 2.05) is 42.5 Å². The standard InChI is InChI=1S/C21H21N3O2/c1-16-7-8-19(20(25)23-16)21(26)24(15-18-9-12-22-13-10-18)14-11-17-5-3-2-4-6-17/h2-10,12-13H,11,14-15H2,1H3,(H,23,25). The van der Waals surface area contributed by atoms with E-state index < -0.39 is 0 Å². The molecule has 0 fully saturated rings. The summed E-state index contributed by atoms with van der Waals surface area (Å²) >= 11 is 0. The number of benzene rings is 1. The Bertz CT molecular complexity index is 921. The molecule has 0 radical (unpaired) electrons. The van der Waals surface area contributed by atoms with Crippen LogP contribution in [0.1, 0.15) is 27.2 Å². The molecule has 1 aromatic carbocycles. The summed E-state index contributed by atoms with van der Waals surface area (Å²) in [6, 6.07) is 17.1. The van der Waals surface area contributed by atoms with E-state index in [1.54, 1.807) is 36.4 Å². The van der Waals surface area contributed by atoms with Gasteiger partial charge in [-0.25, -0.2) is 0 Å². The molecule has 5 nitrogen and oxygen atoms in total. The number of aryl methyl sites for hydroxylation is 1. The molecule has 2 aromatic heterocycles. The Labute approximate surface area is 152 Å². The van der Waals surface area contributed by atoms with Crippen LogP contribution in [0.5, 0.6) is 0 Å². The summed E-state index contributed by atoms with van der Waals surface area (Å²) in [4.78, 5) is 33.6. The van der Waals surface area contributed by atoms with Crippen LogP contribution in [0.2, 0.25) is 0 Å². The Balaban J connectivity index is 1.83. The van der Waals surface area contributed by atoms with Crippen molar-refractivity contribution in [1.82, 2.24) is 14.9 Å². The highest BCUT2D eigenvalue weighted by molar-refractivity contribution is 5.93. The van der Waals surface area contributed by atoms with E-state index in [0.29, 0.717) is 13.1 Å². The normalized spacial score (nSPS) is 10.5. The zero-order valence-electron chi connectivity index (χ0n) is 14.7. The van der Waals surface area contributed by atoms with Crippen molar-refractivity contribution in [3.63, 3.8) is 0 Å². The van der Waals surface area contributed by atoms with Crippen LogP contribution in [-0.2, 0) is 13.0 Å². The fourth-order valence-electron chi connectivity index (χ4n) is 2.78. The van der Waals surface area contributed by atoms with Crippen molar-refractivity contribution in [2.24, 2.45) is 0 Å². The second-order valence-electron chi connectivity index (χ2n) is 6.20. The van der Waals surface area contributed by atoms with E-state index in [4.69, 9.17) is 0 Å². The number of rotatable bonds is 6. The van der Waals surface area contributed by atoms with Gasteiger partial charge in [-0.15, -0.1) is 0 Å². The van der Waals surface area contributed by atoms with Crippen molar-refractivity contribution >= 4 is 5.91 Å². The van der Waals surface area contributed by atoms with Crippen LogP contribution in [0, 0.1) is 6.92 Å². The predicted octanol–water partition coefficient (Wildman–Crippen LogP) is 2.96. The quantitative estimate of drug-likeness (QED) is 0.745.